The van der Waals surface area contributed by atoms with Crippen LogP contribution >= 0.6 is 35.0 Å². The Morgan fingerprint density at radius 3 is 2.70 bits per heavy atom. The zero-order chi connectivity index (χ0) is 15.0. The largest absolute Gasteiger partial charge is 0.350 e. The zero-order valence-corrected chi connectivity index (χ0v) is 14.2. The predicted molar refractivity (Wildman–Crippen MR) is 87.9 cm³/mol. The van der Waals surface area contributed by atoms with Crippen LogP contribution in [0.5, 0.6) is 0 Å². The molecule has 6 heteroatoms. The van der Waals surface area contributed by atoms with Gasteiger partial charge in [-0.3, -0.25) is 4.79 Å². The Balaban J connectivity index is 2.15. The third-order valence-corrected chi connectivity index (χ3v) is 4.44. The fourth-order valence-corrected chi connectivity index (χ4v) is 2.73. The summed E-state index contributed by atoms with van der Waals surface area (Å²) in [5, 5.41) is 4.07. The molecule has 0 radical (unpaired) electrons. The lowest BCUT2D eigenvalue weighted by atomic mass is 10.2. The summed E-state index contributed by atoms with van der Waals surface area (Å²) in [5.74, 6) is 1.76. The molecule has 0 unspecified atom stereocenters. The van der Waals surface area contributed by atoms with Gasteiger partial charge in [-0.2, -0.15) is 11.8 Å². The maximum absolute atomic E-state index is 11.6. The maximum atomic E-state index is 11.6. The van der Waals surface area contributed by atoms with Crippen LogP contribution in [0.4, 0.5) is 0 Å². The highest BCUT2D eigenvalue weighted by molar-refractivity contribution is 7.98. The minimum Gasteiger partial charge on any atom is -0.350 e. The minimum atomic E-state index is 0.118. The molecule has 0 fully saturated rings. The van der Waals surface area contributed by atoms with Crippen molar-refractivity contribution in [2.75, 3.05) is 32.9 Å². The van der Waals surface area contributed by atoms with E-state index in [0.717, 1.165) is 30.2 Å². The molecule has 0 aliphatic heterocycles. The van der Waals surface area contributed by atoms with Crippen molar-refractivity contribution in [2.24, 2.45) is 0 Å². The Bertz CT molecular complexity index is 441. The van der Waals surface area contributed by atoms with Gasteiger partial charge in [-0.25, -0.2) is 0 Å². The Hall–Kier alpha value is -0.420. The summed E-state index contributed by atoms with van der Waals surface area (Å²) in [7, 11) is 4.14. The molecular weight excluding hydrogens is 315 g/mol. The monoisotopic (exact) mass is 335 g/mol. The first-order chi connectivity index (χ1) is 9.49. The van der Waals surface area contributed by atoms with Gasteiger partial charge in [0.2, 0.25) is 5.91 Å². The highest BCUT2D eigenvalue weighted by Crippen LogP contribution is 2.24. The molecule has 0 heterocycles. The number of nitrogens with one attached hydrogen (secondary N) is 2. The second-order valence-electron chi connectivity index (χ2n) is 4.86. The van der Waals surface area contributed by atoms with Crippen molar-refractivity contribution in [2.45, 2.75) is 12.2 Å². The molecule has 0 spiro atoms. The van der Waals surface area contributed by atoms with Crippen molar-refractivity contribution >= 4 is 40.9 Å². The lowest BCUT2D eigenvalue weighted by molar-refractivity contribution is -0.856. The van der Waals surface area contributed by atoms with E-state index in [1.54, 1.807) is 17.8 Å². The van der Waals surface area contributed by atoms with Crippen LogP contribution < -0.4 is 10.2 Å². The van der Waals surface area contributed by atoms with Gasteiger partial charge in [-0.1, -0.05) is 29.3 Å². The molecule has 20 heavy (non-hydrogen) atoms. The summed E-state index contributed by atoms with van der Waals surface area (Å²) in [6.45, 7) is 1.68. The Morgan fingerprint density at radius 1 is 1.30 bits per heavy atom. The molecule has 0 saturated heterocycles. The first-order valence-electron chi connectivity index (χ1n) is 6.56. The third-order valence-electron chi connectivity index (χ3n) is 2.67. The van der Waals surface area contributed by atoms with Crippen molar-refractivity contribution < 1.29 is 9.69 Å². The molecule has 2 N–H and O–H groups in total. The summed E-state index contributed by atoms with van der Waals surface area (Å²) in [4.78, 5) is 12.9. The second-order valence-corrected chi connectivity index (χ2v) is 6.78. The van der Waals surface area contributed by atoms with Crippen LogP contribution in [-0.2, 0) is 10.5 Å². The second kappa shape index (κ2) is 9.50. The van der Waals surface area contributed by atoms with E-state index in [9.17, 15) is 4.79 Å². The van der Waals surface area contributed by atoms with Crippen molar-refractivity contribution in [3.63, 3.8) is 0 Å². The molecule has 1 aromatic carbocycles. The van der Waals surface area contributed by atoms with Gasteiger partial charge in [0.05, 0.1) is 37.2 Å². The first-order valence-corrected chi connectivity index (χ1v) is 8.47. The molecule has 112 valence electrons. The molecule has 3 nitrogen and oxygen atoms in total. The van der Waals surface area contributed by atoms with Crippen LogP contribution in [0.25, 0.3) is 0 Å². The highest BCUT2D eigenvalue weighted by Gasteiger charge is 2.03. The normalized spacial score (nSPS) is 10.8. The topological polar surface area (TPSA) is 33.5 Å². The quantitative estimate of drug-likeness (QED) is 0.711. The number of thioether (sulfide) groups is 1. The molecule has 1 aromatic rings. The first kappa shape index (κ1) is 17.6. The van der Waals surface area contributed by atoms with Crippen LogP contribution in [0.3, 0.4) is 0 Å². The number of rotatable bonds is 8. The molecule has 0 atom stereocenters. The van der Waals surface area contributed by atoms with Crippen LogP contribution in [0.1, 0.15) is 12.0 Å². The van der Waals surface area contributed by atoms with E-state index in [2.05, 4.69) is 19.4 Å². The van der Waals surface area contributed by atoms with Gasteiger partial charge in [-0.15, -0.1) is 0 Å². The number of amides is 1. The Morgan fingerprint density at radius 2 is 2.05 bits per heavy atom. The van der Waals surface area contributed by atoms with Crippen LogP contribution in [0, 0.1) is 0 Å². The SMILES string of the molecule is C[NH+](C)CCNC(=O)CCSCc1ccc(Cl)c(Cl)c1. The van der Waals surface area contributed by atoms with E-state index >= 15 is 0 Å². The van der Waals surface area contributed by atoms with E-state index in [1.165, 1.54) is 4.90 Å². The highest BCUT2D eigenvalue weighted by atomic mass is 35.5. The third kappa shape index (κ3) is 7.39. The summed E-state index contributed by atoms with van der Waals surface area (Å²) in [6.07, 6.45) is 0.550. The predicted octanol–water partition coefficient (Wildman–Crippen LogP) is 1.88. The molecule has 0 aliphatic carbocycles. The van der Waals surface area contributed by atoms with Crippen molar-refractivity contribution in [1.29, 1.82) is 0 Å². The maximum Gasteiger partial charge on any atom is 0.221 e. The number of carbonyl (C=O) groups excluding carboxylic acids is 1. The number of carbonyl (C=O) groups is 1. The number of hydrogen-bond donors (Lipinski definition) is 2. The lowest BCUT2D eigenvalue weighted by Crippen LogP contribution is -3.06. The van der Waals surface area contributed by atoms with Crippen molar-refractivity contribution in [3.05, 3.63) is 33.8 Å². The molecule has 0 bridgehead atoms. The Kier molecular flexibility index (Phi) is 8.38. The Labute approximate surface area is 135 Å². The molecule has 0 saturated carbocycles. The van der Waals surface area contributed by atoms with Crippen molar-refractivity contribution in [3.8, 4) is 0 Å². The average molecular weight is 336 g/mol. The van der Waals surface area contributed by atoms with Gasteiger partial charge >= 0.3 is 0 Å². The van der Waals surface area contributed by atoms with Crippen molar-refractivity contribution in [1.82, 2.24) is 5.32 Å². The smallest absolute Gasteiger partial charge is 0.221 e. The van der Waals surface area contributed by atoms with E-state index in [-0.39, 0.29) is 5.91 Å². The molecule has 1 rings (SSSR count). The van der Waals surface area contributed by atoms with Crippen LogP contribution in [-0.4, -0.2) is 38.8 Å². The molecule has 0 aromatic heterocycles. The van der Waals surface area contributed by atoms with Crippen LogP contribution in [0.15, 0.2) is 18.2 Å². The van der Waals surface area contributed by atoms with E-state index < -0.39 is 0 Å². The molecule has 1 amide bonds. The summed E-state index contributed by atoms with van der Waals surface area (Å²) in [6, 6.07) is 5.63. The number of quaternary nitrogens is 1. The summed E-state index contributed by atoms with van der Waals surface area (Å²) in [5.41, 5.74) is 1.13. The molecule has 0 aliphatic rings. The van der Waals surface area contributed by atoms with Gasteiger partial charge in [-0.05, 0) is 17.7 Å². The van der Waals surface area contributed by atoms with Gasteiger partial charge in [0.25, 0.3) is 0 Å². The number of halogens is 2. The van der Waals surface area contributed by atoms with E-state index in [0.29, 0.717) is 16.5 Å². The fraction of sp³-hybridized carbons (Fsp3) is 0.500. The number of hydrogen-bond acceptors (Lipinski definition) is 2. The van der Waals surface area contributed by atoms with Gasteiger partial charge in [0.1, 0.15) is 0 Å². The average Bonchev–Trinajstić information content (AvgIpc) is 2.38. The summed E-state index contributed by atoms with van der Waals surface area (Å²) < 4.78 is 0. The van der Waals surface area contributed by atoms with Crippen LogP contribution in [0.2, 0.25) is 10.0 Å². The van der Waals surface area contributed by atoms with E-state index in [1.807, 2.05) is 12.1 Å². The van der Waals surface area contributed by atoms with Gasteiger partial charge < -0.3 is 10.2 Å². The lowest BCUT2D eigenvalue weighted by Gasteiger charge is -2.08. The summed E-state index contributed by atoms with van der Waals surface area (Å²) >= 11 is 13.5. The molecular formula is C14H21Cl2N2OS+. The number of benzene rings is 1. The van der Waals surface area contributed by atoms with Gasteiger partial charge in [0, 0.05) is 17.9 Å². The van der Waals surface area contributed by atoms with E-state index in [4.69, 9.17) is 23.2 Å². The minimum absolute atomic E-state index is 0.118. The fourth-order valence-electron chi connectivity index (χ4n) is 1.52. The number of likely N-dealkylation sites (N-methyl/N-ethyl adjacent to an activating group) is 1. The van der Waals surface area contributed by atoms with Gasteiger partial charge in [0.15, 0.2) is 0 Å². The standard InChI is InChI=1S/C14H20Cl2N2OS/c1-18(2)7-6-17-14(19)5-8-20-10-11-3-4-12(15)13(16)9-11/h3-4,9H,5-8,10H2,1-2H3,(H,17,19)/p+1. The zero-order valence-electron chi connectivity index (χ0n) is 11.8.